The zero-order valence-electron chi connectivity index (χ0n) is 13.7. The molecule has 0 radical (unpaired) electrons. The zero-order valence-corrected chi connectivity index (χ0v) is 13.7. The Kier molecular flexibility index (Phi) is 4.85. The number of aliphatic hydroxyl groups is 1. The lowest BCUT2D eigenvalue weighted by Crippen LogP contribution is -2.48. The summed E-state index contributed by atoms with van der Waals surface area (Å²) in [5.41, 5.74) is -0.897. The van der Waals surface area contributed by atoms with Crippen molar-refractivity contribution in [3.05, 3.63) is 35.6 Å². The summed E-state index contributed by atoms with van der Waals surface area (Å²) >= 11 is 0. The van der Waals surface area contributed by atoms with Gasteiger partial charge in [-0.15, -0.1) is 0 Å². The summed E-state index contributed by atoms with van der Waals surface area (Å²) in [6.07, 6.45) is 3.45. The topological polar surface area (TPSA) is 60.9 Å². The third-order valence-corrected chi connectivity index (χ3v) is 4.97. The van der Waals surface area contributed by atoms with Crippen LogP contribution in [0.5, 0.6) is 0 Å². The van der Waals surface area contributed by atoms with Gasteiger partial charge in [0.1, 0.15) is 11.4 Å². The van der Waals surface area contributed by atoms with Gasteiger partial charge in [-0.1, -0.05) is 6.07 Å². The largest absolute Gasteiger partial charge is 0.380 e. The Hall–Kier alpha value is -1.95. The first-order valence-corrected chi connectivity index (χ1v) is 8.56. The summed E-state index contributed by atoms with van der Waals surface area (Å²) < 4.78 is 13.3. The average Bonchev–Trinajstić information content (AvgIpc) is 2.88. The van der Waals surface area contributed by atoms with Crippen LogP contribution in [0.25, 0.3) is 0 Å². The highest BCUT2D eigenvalue weighted by Crippen LogP contribution is 2.31. The van der Waals surface area contributed by atoms with Crippen molar-refractivity contribution in [1.82, 2.24) is 9.80 Å². The number of nitrogens with zero attached hydrogens (tertiary/aromatic N) is 2. The van der Waals surface area contributed by atoms with Gasteiger partial charge in [0.05, 0.1) is 0 Å². The molecule has 1 saturated carbocycles. The number of carbonyl (C=O) groups excluding carboxylic acids is 2. The molecule has 0 spiro atoms. The van der Waals surface area contributed by atoms with Crippen LogP contribution in [0.2, 0.25) is 0 Å². The van der Waals surface area contributed by atoms with Crippen LogP contribution >= 0.6 is 0 Å². The van der Waals surface area contributed by atoms with Gasteiger partial charge in [-0.3, -0.25) is 9.59 Å². The van der Waals surface area contributed by atoms with E-state index in [9.17, 15) is 19.1 Å². The highest BCUT2D eigenvalue weighted by atomic mass is 19.1. The first-order valence-electron chi connectivity index (χ1n) is 8.56. The summed E-state index contributed by atoms with van der Waals surface area (Å²) in [7, 11) is 0. The van der Waals surface area contributed by atoms with Crippen LogP contribution in [0.3, 0.4) is 0 Å². The van der Waals surface area contributed by atoms with Crippen molar-refractivity contribution in [2.45, 2.75) is 37.7 Å². The van der Waals surface area contributed by atoms with Crippen molar-refractivity contribution in [2.24, 2.45) is 0 Å². The fourth-order valence-electron chi connectivity index (χ4n) is 3.60. The molecule has 130 valence electrons. The quantitative estimate of drug-likeness (QED) is 0.897. The highest BCUT2D eigenvalue weighted by molar-refractivity contribution is 5.94. The van der Waals surface area contributed by atoms with Gasteiger partial charge >= 0.3 is 0 Å². The van der Waals surface area contributed by atoms with Crippen LogP contribution in [-0.4, -0.2) is 58.5 Å². The lowest BCUT2D eigenvalue weighted by Gasteiger charge is -2.29. The number of benzene rings is 1. The third kappa shape index (κ3) is 3.43. The number of amides is 2. The minimum atomic E-state index is -1.22. The third-order valence-electron chi connectivity index (χ3n) is 4.97. The molecule has 24 heavy (non-hydrogen) atoms. The zero-order chi connectivity index (χ0) is 17.2. The Balaban J connectivity index is 1.64. The standard InChI is InChI=1S/C18H23FN2O3/c19-15-6-3-5-14(13-15)16(22)20-9-4-10-21(12-11-20)17(23)18(24)7-1-2-8-18/h3,5-6,13,24H,1-2,4,7-12H2. The van der Waals surface area contributed by atoms with Gasteiger partial charge in [-0.2, -0.15) is 0 Å². The Morgan fingerprint density at radius 2 is 1.67 bits per heavy atom. The van der Waals surface area contributed by atoms with Gasteiger partial charge in [0.15, 0.2) is 0 Å². The van der Waals surface area contributed by atoms with Crippen molar-refractivity contribution in [1.29, 1.82) is 0 Å². The maximum atomic E-state index is 13.3. The summed E-state index contributed by atoms with van der Waals surface area (Å²) in [6.45, 7) is 1.87. The van der Waals surface area contributed by atoms with Gasteiger partial charge < -0.3 is 14.9 Å². The molecule has 1 saturated heterocycles. The molecule has 1 heterocycles. The second-order valence-corrected chi connectivity index (χ2v) is 6.69. The minimum Gasteiger partial charge on any atom is -0.380 e. The fraction of sp³-hybridized carbons (Fsp3) is 0.556. The van der Waals surface area contributed by atoms with E-state index in [1.54, 1.807) is 15.9 Å². The van der Waals surface area contributed by atoms with Crippen molar-refractivity contribution >= 4 is 11.8 Å². The van der Waals surface area contributed by atoms with Gasteiger partial charge in [0.2, 0.25) is 0 Å². The van der Waals surface area contributed by atoms with Crippen molar-refractivity contribution in [3.8, 4) is 0 Å². The summed E-state index contributed by atoms with van der Waals surface area (Å²) in [5, 5.41) is 10.5. The molecule has 1 aliphatic heterocycles. The van der Waals surface area contributed by atoms with Gasteiger partial charge in [-0.25, -0.2) is 4.39 Å². The molecule has 5 nitrogen and oxygen atoms in total. The number of hydrogen-bond donors (Lipinski definition) is 1. The molecule has 1 aromatic rings. The molecule has 1 aliphatic carbocycles. The molecular formula is C18H23FN2O3. The minimum absolute atomic E-state index is 0.208. The van der Waals surface area contributed by atoms with Crippen LogP contribution in [0.4, 0.5) is 4.39 Å². The van der Waals surface area contributed by atoms with Gasteiger partial charge in [0.25, 0.3) is 11.8 Å². The lowest BCUT2D eigenvalue weighted by molar-refractivity contribution is -0.150. The molecular weight excluding hydrogens is 311 g/mol. The van der Waals surface area contributed by atoms with Crippen LogP contribution < -0.4 is 0 Å². The van der Waals surface area contributed by atoms with E-state index < -0.39 is 11.4 Å². The van der Waals surface area contributed by atoms with Crippen molar-refractivity contribution in [2.75, 3.05) is 26.2 Å². The monoisotopic (exact) mass is 334 g/mol. The maximum absolute atomic E-state index is 13.3. The average molecular weight is 334 g/mol. The Morgan fingerprint density at radius 1 is 1.00 bits per heavy atom. The fourth-order valence-corrected chi connectivity index (χ4v) is 3.60. The molecule has 2 amide bonds. The van der Waals surface area contributed by atoms with Gasteiger partial charge in [-0.05, 0) is 50.3 Å². The molecule has 0 unspecified atom stereocenters. The summed E-state index contributed by atoms with van der Waals surface area (Å²) in [4.78, 5) is 28.4. The van der Waals surface area contributed by atoms with E-state index in [4.69, 9.17) is 0 Å². The highest BCUT2D eigenvalue weighted by Gasteiger charge is 2.41. The number of rotatable bonds is 2. The van der Waals surface area contributed by atoms with Crippen molar-refractivity contribution in [3.63, 3.8) is 0 Å². The normalized spacial score (nSPS) is 20.8. The molecule has 0 bridgehead atoms. The van der Waals surface area contributed by atoms with Crippen LogP contribution in [0.15, 0.2) is 24.3 Å². The second-order valence-electron chi connectivity index (χ2n) is 6.69. The van der Waals surface area contributed by atoms with Crippen LogP contribution in [0, 0.1) is 5.82 Å². The summed E-state index contributed by atoms with van der Waals surface area (Å²) in [6, 6.07) is 5.66. The SMILES string of the molecule is O=C(c1cccc(F)c1)N1CCCN(C(=O)C2(O)CCCC2)CC1. The second kappa shape index (κ2) is 6.89. The first kappa shape index (κ1) is 16.9. The van der Waals surface area contributed by atoms with E-state index >= 15 is 0 Å². The molecule has 0 aromatic heterocycles. The Bertz CT molecular complexity index is 628. The molecule has 2 aliphatic rings. The molecule has 1 N–H and O–H groups in total. The molecule has 2 fully saturated rings. The smallest absolute Gasteiger partial charge is 0.254 e. The first-order chi connectivity index (χ1) is 11.5. The number of carbonyl (C=O) groups is 2. The Morgan fingerprint density at radius 3 is 2.38 bits per heavy atom. The van der Waals surface area contributed by atoms with Crippen molar-refractivity contribution < 1.29 is 19.1 Å². The van der Waals surface area contributed by atoms with E-state index in [1.807, 2.05) is 0 Å². The van der Waals surface area contributed by atoms with E-state index in [1.165, 1.54) is 18.2 Å². The van der Waals surface area contributed by atoms with Crippen LogP contribution in [0.1, 0.15) is 42.5 Å². The van der Waals surface area contributed by atoms with E-state index in [0.29, 0.717) is 51.0 Å². The van der Waals surface area contributed by atoms with E-state index in [2.05, 4.69) is 0 Å². The predicted molar refractivity (Wildman–Crippen MR) is 86.9 cm³/mol. The van der Waals surface area contributed by atoms with Crippen LogP contribution in [-0.2, 0) is 4.79 Å². The lowest BCUT2D eigenvalue weighted by atomic mass is 10.0. The molecule has 3 rings (SSSR count). The Labute approximate surface area is 141 Å². The number of hydrogen-bond acceptors (Lipinski definition) is 3. The van der Waals surface area contributed by atoms with Gasteiger partial charge in [0, 0.05) is 31.7 Å². The molecule has 6 heteroatoms. The predicted octanol–water partition coefficient (Wildman–Crippen LogP) is 1.81. The molecule has 0 atom stereocenters. The number of halogens is 1. The molecule has 1 aromatic carbocycles. The maximum Gasteiger partial charge on any atom is 0.254 e. The van der Waals surface area contributed by atoms with E-state index in [-0.39, 0.29) is 11.8 Å². The summed E-state index contributed by atoms with van der Waals surface area (Å²) in [5.74, 6) is -0.862. The van der Waals surface area contributed by atoms with E-state index in [0.717, 1.165) is 12.8 Å².